The van der Waals surface area contributed by atoms with Crippen LogP contribution in [0.3, 0.4) is 0 Å². The molecule has 2 aromatic heterocycles. The maximum Gasteiger partial charge on any atom is 0.272 e. The summed E-state index contributed by atoms with van der Waals surface area (Å²) in [7, 11) is 0. The van der Waals surface area contributed by atoms with E-state index in [9.17, 15) is 14.0 Å². The summed E-state index contributed by atoms with van der Waals surface area (Å²) in [6, 6.07) is 11.3. The molecule has 2 amide bonds. The van der Waals surface area contributed by atoms with Gasteiger partial charge in [-0.05, 0) is 35.9 Å². The van der Waals surface area contributed by atoms with Crippen molar-refractivity contribution in [2.75, 3.05) is 26.2 Å². The third-order valence-corrected chi connectivity index (χ3v) is 4.95. The van der Waals surface area contributed by atoms with E-state index in [1.165, 1.54) is 12.1 Å². The van der Waals surface area contributed by atoms with Gasteiger partial charge in [0.15, 0.2) is 0 Å². The highest BCUT2D eigenvalue weighted by Crippen LogP contribution is 2.17. The molecule has 1 N–H and O–H groups in total. The fourth-order valence-electron chi connectivity index (χ4n) is 3.31. The Morgan fingerprint density at radius 2 is 1.76 bits per heavy atom. The fraction of sp³-hybridized carbons (Fsp3) is 0.238. The van der Waals surface area contributed by atoms with Crippen LogP contribution in [-0.2, 0) is 11.2 Å². The van der Waals surface area contributed by atoms with E-state index in [-0.39, 0.29) is 24.1 Å². The molecular weight excluding hydrogens is 373 g/mol. The standard InChI is InChI=1S/C21H20FN5O2/c22-17-5-3-15(4-6-17)12-20(28)26-8-10-27(11-9-26)21(29)19-13-18(24-25-19)16-2-1-7-23-14-16/h1-7,13-14H,8-12H2,(H,24,25). The molecule has 3 heterocycles. The van der Waals surface area contributed by atoms with Crippen molar-refractivity contribution >= 4 is 11.8 Å². The van der Waals surface area contributed by atoms with Crippen molar-refractivity contribution in [3.05, 3.63) is 71.9 Å². The zero-order valence-corrected chi connectivity index (χ0v) is 15.7. The molecule has 148 valence electrons. The molecule has 3 aromatic rings. The number of aromatic nitrogens is 3. The van der Waals surface area contributed by atoms with Crippen molar-refractivity contribution in [2.24, 2.45) is 0 Å². The van der Waals surface area contributed by atoms with Crippen molar-refractivity contribution in [1.29, 1.82) is 0 Å². The predicted molar refractivity (Wildman–Crippen MR) is 104 cm³/mol. The van der Waals surface area contributed by atoms with Crippen LogP contribution in [0, 0.1) is 5.82 Å². The van der Waals surface area contributed by atoms with Crippen LogP contribution in [0.5, 0.6) is 0 Å². The molecule has 29 heavy (non-hydrogen) atoms. The number of nitrogens with zero attached hydrogens (tertiary/aromatic N) is 4. The number of nitrogens with one attached hydrogen (secondary N) is 1. The van der Waals surface area contributed by atoms with Gasteiger partial charge in [0, 0.05) is 44.1 Å². The van der Waals surface area contributed by atoms with Gasteiger partial charge >= 0.3 is 0 Å². The second-order valence-corrected chi connectivity index (χ2v) is 6.88. The quantitative estimate of drug-likeness (QED) is 0.736. The third kappa shape index (κ3) is 4.31. The van der Waals surface area contributed by atoms with Crippen LogP contribution in [0.15, 0.2) is 54.9 Å². The van der Waals surface area contributed by atoms with E-state index in [0.717, 1.165) is 11.1 Å². The smallest absolute Gasteiger partial charge is 0.272 e. The highest BCUT2D eigenvalue weighted by Gasteiger charge is 2.26. The summed E-state index contributed by atoms with van der Waals surface area (Å²) >= 11 is 0. The monoisotopic (exact) mass is 393 g/mol. The first-order chi connectivity index (χ1) is 14.1. The molecule has 8 heteroatoms. The Hall–Kier alpha value is -3.55. The van der Waals surface area contributed by atoms with Gasteiger partial charge < -0.3 is 9.80 Å². The van der Waals surface area contributed by atoms with Crippen LogP contribution < -0.4 is 0 Å². The highest BCUT2D eigenvalue weighted by molar-refractivity contribution is 5.93. The lowest BCUT2D eigenvalue weighted by Gasteiger charge is -2.34. The first kappa shape index (κ1) is 18.8. The van der Waals surface area contributed by atoms with E-state index < -0.39 is 0 Å². The molecule has 0 atom stereocenters. The van der Waals surface area contributed by atoms with Gasteiger partial charge in [-0.1, -0.05) is 12.1 Å². The summed E-state index contributed by atoms with van der Waals surface area (Å²) in [6.45, 7) is 1.84. The Morgan fingerprint density at radius 3 is 2.45 bits per heavy atom. The molecule has 1 fully saturated rings. The molecule has 0 aliphatic carbocycles. The van der Waals surface area contributed by atoms with Crippen molar-refractivity contribution < 1.29 is 14.0 Å². The number of pyridine rings is 1. The van der Waals surface area contributed by atoms with Crippen molar-refractivity contribution in [3.8, 4) is 11.3 Å². The molecule has 4 rings (SSSR count). The van der Waals surface area contributed by atoms with E-state index in [2.05, 4.69) is 15.2 Å². The Bertz CT molecular complexity index is 995. The fourth-order valence-corrected chi connectivity index (χ4v) is 3.31. The number of amides is 2. The number of carbonyl (C=O) groups is 2. The lowest BCUT2D eigenvalue weighted by atomic mass is 10.1. The number of hydrogen-bond donors (Lipinski definition) is 1. The van der Waals surface area contributed by atoms with Crippen LogP contribution in [-0.4, -0.2) is 63.0 Å². The normalized spacial score (nSPS) is 14.1. The molecule has 0 unspecified atom stereocenters. The van der Waals surface area contributed by atoms with Crippen LogP contribution in [0.2, 0.25) is 0 Å². The summed E-state index contributed by atoms with van der Waals surface area (Å²) in [6.07, 6.45) is 3.60. The topological polar surface area (TPSA) is 82.2 Å². The van der Waals surface area contributed by atoms with Crippen molar-refractivity contribution in [3.63, 3.8) is 0 Å². The molecule has 0 saturated carbocycles. The van der Waals surface area contributed by atoms with Crippen LogP contribution in [0.25, 0.3) is 11.3 Å². The molecular formula is C21H20FN5O2. The minimum Gasteiger partial charge on any atom is -0.339 e. The van der Waals surface area contributed by atoms with Gasteiger partial charge in [-0.3, -0.25) is 19.7 Å². The largest absolute Gasteiger partial charge is 0.339 e. The average Bonchev–Trinajstić information content (AvgIpc) is 3.26. The number of aromatic amines is 1. The minimum absolute atomic E-state index is 0.0240. The number of benzene rings is 1. The number of hydrogen-bond acceptors (Lipinski definition) is 4. The Balaban J connectivity index is 1.33. The lowest BCUT2D eigenvalue weighted by Crippen LogP contribution is -2.51. The number of carbonyl (C=O) groups excluding carboxylic acids is 2. The molecule has 1 saturated heterocycles. The first-order valence-corrected chi connectivity index (χ1v) is 9.37. The van der Waals surface area contributed by atoms with E-state index >= 15 is 0 Å². The molecule has 0 radical (unpaired) electrons. The maximum atomic E-state index is 13.0. The van der Waals surface area contributed by atoms with Crippen LogP contribution in [0.1, 0.15) is 16.1 Å². The zero-order valence-electron chi connectivity index (χ0n) is 15.7. The van der Waals surface area contributed by atoms with Crippen molar-refractivity contribution in [1.82, 2.24) is 25.0 Å². The third-order valence-electron chi connectivity index (χ3n) is 4.95. The minimum atomic E-state index is -0.321. The highest BCUT2D eigenvalue weighted by atomic mass is 19.1. The molecule has 0 bridgehead atoms. The predicted octanol–water partition coefficient (Wildman–Crippen LogP) is 2.14. The SMILES string of the molecule is O=C(Cc1ccc(F)cc1)N1CCN(C(=O)c2cc(-c3cccnc3)n[nH]2)CC1. The van der Waals surface area contributed by atoms with E-state index in [1.54, 1.807) is 40.4 Å². The molecule has 0 spiro atoms. The maximum absolute atomic E-state index is 13.0. The Morgan fingerprint density at radius 1 is 1.03 bits per heavy atom. The summed E-state index contributed by atoms with van der Waals surface area (Å²) < 4.78 is 13.0. The summed E-state index contributed by atoms with van der Waals surface area (Å²) in [4.78, 5) is 32.7. The summed E-state index contributed by atoms with van der Waals surface area (Å²) in [5.74, 6) is -0.485. The number of H-pyrrole nitrogens is 1. The average molecular weight is 393 g/mol. The number of piperazine rings is 1. The van der Waals surface area contributed by atoms with Crippen LogP contribution in [0.4, 0.5) is 4.39 Å². The Labute approximate surface area is 167 Å². The van der Waals surface area contributed by atoms with Gasteiger partial charge in [0.2, 0.25) is 5.91 Å². The van der Waals surface area contributed by atoms with Gasteiger partial charge in [0.25, 0.3) is 5.91 Å². The van der Waals surface area contributed by atoms with Gasteiger partial charge in [0.1, 0.15) is 11.5 Å². The molecule has 1 aliphatic rings. The van der Waals surface area contributed by atoms with Gasteiger partial charge in [-0.25, -0.2) is 4.39 Å². The number of rotatable bonds is 4. The van der Waals surface area contributed by atoms with Gasteiger partial charge in [-0.2, -0.15) is 5.10 Å². The second-order valence-electron chi connectivity index (χ2n) is 6.88. The molecule has 7 nitrogen and oxygen atoms in total. The van der Waals surface area contributed by atoms with E-state index in [4.69, 9.17) is 0 Å². The molecule has 1 aromatic carbocycles. The number of halogens is 1. The zero-order chi connectivity index (χ0) is 20.2. The second kappa shape index (κ2) is 8.22. The molecule has 1 aliphatic heterocycles. The first-order valence-electron chi connectivity index (χ1n) is 9.37. The van der Waals surface area contributed by atoms with Gasteiger partial charge in [-0.15, -0.1) is 0 Å². The lowest BCUT2D eigenvalue weighted by molar-refractivity contribution is -0.131. The van der Waals surface area contributed by atoms with Crippen molar-refractivity contribution in [2.45, 2.75) is 6.42 Å². The Kier molecular flexibility index (Phi) is 5.33. The van der Waals surface area contributed by atoms with Gasteiger partial charge in [0.05, 0.1) is 12.1 Å². The van der Waals surface area contributed by atoms with Crippen LogP contribution >= 0.6 is 0 Å². The summed E-state index contributed by atoms with van der Waals surface area (Å²) in [5, 5.41) is 6.99. The summed E-state index contributed by atoms with van der Waals surface area (Å²) in [5.41, 5.74) is 2.68. The van der Waals surface area contributed by atoms with E-state index in [0.29, 0.717) is 37.6 Å². The van der Waals surface area contributed by atoms with E-state index in [1.807, 2.05) is 12.1 Å².